The van der Waals surface area contributed by atoms with Crippen LogP contribution in [0.1, 0.15) is 53.2 Å². The van der Waals surface area contributed by atoms with E-state index in [0.29, 0.717) is 25.2 Å². The number of thiazole rings is 1. The fourth-order valence-corrected chi connectivity index (χ4v) is 5.66. The van der Waals surface area contributed by atoms with E-state index >= 15 is 0 Å². The van der Waals surface area contributed by atoms with Gasteiger partial charge in [-0.25, -0.2) is 13.4 Å². The third-order valence-electron chi connectivity index (χ3n) is 4.82. The summed E-state index contributed by atoms with van der Waals surface area (Å²) in [7, 11) is -3.53. The van der Waals surface area contributed by atoms with Crippen LogP contribution in [0.2, 0.25) is 0 Å². The first-order valence-electron chi connectivity index (χ1n) is 9.76. The highest BCUT2D eigenvalue weighted by Crippen LogP contribution is 2.21. The van der Waals surface area contributed by atoms with Crippen LogP contribution in [0.3, 0.4) is 0 Å². The average Bonchev–Trinajstić information content (AvgIpc) is 3.13. The van der Waals surface area contributed by atoms with Crippen molar-refractivity contribution in [2.24, 2.45) is 0 Å². The molecule has 0 spiro atoms. The van der Waals surface area contributed by atoms with E-state index in [9.17, 15) is 13.2 Å². The Kier molecular flexibility index (Phi) is 7.20. The SMILES string of the molecule is Cc1csc(CCCCNC(=O)c2cccc(S(=O)(=O)N3CCCCC3)c2)n1. The minimum atomic E-state index is -3.53. The van der Waals surface area contributed by atoms with Crippen LogP contribution in [0.4, 0.5) is 0 Å². The maximum Gasteiger partial charge on any atom is 0.251 e. The monoisotopic (exact) mass is 421 g/mol. The van der Waals surface area contributed by atoms with Gasteiger partial charge >= 0.3 is 0 Å². The summed E-state index contributed by atoms with van der Waals surface area (Å²) >= 11 is 1.67. The molecule has 0 radical (unpaired) electrons. The number of carbonyl (C=O) groups is 1. The summed E-state index contributed by atoms with van der Waals surface area (Å²) in [4.78, 5) is 17.0. The van der Waals surface area contributed by atoms with Crippen molar-refractivity contribution >= 4 is 27.3 Å². The second-order valence-electron chi connectivity index (χ2n) is 7.09. The lowest BCUT2D eigenvalue weighted by atomic mass is 10.2. The van der Waals surface area contributed by atoms with E-state index in [0.717, 1.165) is 49.2 Å². The molecule has 8 heteroatoms. The lowest BCUT2D eigenvalue weighted by Gasteiger charge is -2.26. The zero-order valence-electron chi connectivity index (χ0n) is 16.2. The summed E-state index contributed by atoms with van der Waals surface area (Å²) in [5, 5.41) is 6.05. The van der Waals surface area contributed by atoms with E-state index in [1.54, 1.807) is 29.5 Å². The molecular weight excluding hydrogens is 394 g/mol. The maximum atomic E-state index is 12.8. The number of benzene rings is 1. The number of carbonyl (C=O) groups excluding carboxylic acids is 1. The van der Waals surface area contributed by atoms with Gasteiger partial charge in [-0.3, -0.25) is 4.79 Å². The Hall–Kier alpha value is -1.77. The molecular formula is C20H27N3O3S2. The van der Waals surface area contributed by atoms with E-state index in [-0.39, 0.29) is 10.8 Å². The summed E-state index contributed by atoms with van der Waals surface area (Å²) in [6.07, 6.45) is 5.57. The third kappa shape index (κ3) is 5.40. The van der Waals surface area contributed by atoms with Crippen molar-refractivity contribution in [3.8, 4) is 0 Å². The Morgan fingerprint density at radius 3 is 2.71 bits per heavy atom. The van der Waals surface area contributed by atoms with Gasteiger partial charge in [0.1, 0.15) is 0 Å². The average molecular weight is 422 g/mol. The molecule has 1 aliphatic rings. The predicted octanol–water partition coefficient (Wildman–Crippen LogP) is 3.38. The van der Waals surface area contributed by atoms with E-state index in [1.165, 1.54) is 10.4 Å². The van der Waals surface area contributed by atoms with Crippen molar-refractivity contribution < 1.29 is 13.2 Å². The number of hydrogen-bond donors (Lipinski definition) is 1. The number of aryl methyl sites for hydroxylation is 2. The summed E-state index contributed by atoms with van der Waals surface area (Å²) in [5.41, 5.74) is 1.43. The summed E-state index contributed by atoms with van der Waals surface area (Å²) in [6, 6.07) is 6.34. The first-order chi connectivity index (χ1) is 13.5. The Bertz CT molecular complexity index is 903. The van der Waals surface area contributed by atoms with Gasteiger partial charge in [-0.05, 0) is 57.2 Å². The fourth-order valence-electron chi connectivity index (χ4n) is 3.27. The van der Waals surface area contributed by atoms with Gasteiger partial charge in [-0.2, -0.15) is 4.31 Å². The molecule has 0 unspecified atom stereocenters. The molecule has 0 bridgehead atoms. The van der Waals surface area contributed by atoms with E-state index in [2.05, 4.69) is 10.3 Å². The number of nitrogens with zero attached hydrogens (tertiary/aromatic N) is 2. The smallest absolute Gasteiger partial charge is 0.251 e. The molecule has 1 aliphatic heterocycles. The zero-order chi connectivity index (χ0) is 20.0. The molecule has 1 N–H and O–H groups in total. The molecule has 2 heterocycles. The standard InChI is InChI=1S/C20H27N3O3S2/c1-16-15-27-19(22-16)10-3-4-11-21-20(24)17-8-7-9-18(14-17)28(25,26)23-12-5-2-6-13-23/h7-9,14-15H,2-6,10-13H2,1H3,(H,21,24). The molecule has 1 amide bonds. The molecule has 0 atom stereocenters. The van der Waals surface area contributed by atoms with Crippen molar-refractivity contribution in [3.05, 3.63) is 45.9 Å². The summed E-state index contributed by atoms with van der Waals surface area (Å²) in [5.74, 6) is -0.235. The van der Waals surface area contributed by atoms with Crippen LogP contribution in [0.15, 0.2) is 34.5 Å². The number of nitrogens with one attached hydrogen (secondary N) is 1. The van der Waals surface area contributed by atoms with Crippen LogP contribution < -0.4 is 5.32 Å². The number of aromatic nitrogens is 1. The Labute approximate surface area is 171 Å². The quantitative estimate of drug-likeness (QED) is 0.663. The van der Waals surface area contributed by atoms with Crippen molar-refractivity contribution in [3.63, 3.8) is 0 Å². The second-order valence-corrected chi connectivity index (χ2v) is 9.97. The molecule has 6 nitrogen and oxygen atoms in total. The molecule has 1 aromatic carbocycles. The van der Waals surface area contributed by atoms with E-state index in [4.69, 9.17) is 0 Å². The molecule has 2 aromatic rings. The van der Waals surface area contributed by atoms with Gasteiger partial charge in [-0.1, -0.05) is 12.5 Å². The van der Waals surface area contributed by atoms with E-state index in [1.807, 2.05) is 12.3 Å². The van der Waals surface area contributed by atoms with Gasteiger partial charge in [0, 0.05) is 36.3 Å². The number of amides is 1. The predicted molar refractivity (Wildman–Crippen MR) is 111 cm³/mol. The Balaban J connectivity index is 1.52. The molecule has 0 saturated carbocycles. The fraction of sp³-hybridized carbons (Fsp3) is 0.500. The molecule has 28 heavy (non-hydrogen) atoms. The topological polar surface area (TPSA) is 79.4 Å². The highest BCUT2D eigenvalue weighted by Gasteiger charge is 2.26. The first-order valence-corrected chi connectivity index (χ1v) is 12.1. The highest BCUT2D eigenvalue weighted by molar-refractivity contribution is 7.89. The number of sulfonamides is 1. The van der Waals surface area contributed by atoms with Crippen molar-refractivity contribution in [1.29, 1.82) is 0 Å². The van der Waals surface area contributed by atoms with Crippen LogP contribution in [0.25, 0.3) is 0 Å². The second kappa shape index (κ2) is 9.62. The molecule has 1 fully saturated rings. The van der Waals surface area contributed by atoms with Crippen LogP contribution in [-0.2, 0) is 16.4 Å². The number of piperidine rings is 1. The zero-order valence-corrected chi connectivity index (χ0v) is 17.8. The van der Waals surface area contributed by atoms with Crippen molar-refractivity contribution in [1.82, 2.24) is 14.6 Å². The van der Waals surface area contributed by atoms with E-state index < -0.39 is 10.0 Å². The number of unbranched alkanes of at least 4 members (excludes halogenated alkanes) is 1. The van der Waals surface area contributed by atoms with Crippen LogP contribution >= 0.6 is 11.3 Å². The number of rotatable bonds is 8. The largest absolute Gasteiger partial charge is 0.352 e. The van der Waals surface area contributed by atoms with Crippen molar-refractivity contribution in [2.75, 3.05) is 19.6 Å². The minimum Gasteiger partial charge on any atom is -0.352 e. The van der Waals surface area contributed by atoms with Gasteiger partial charge in [0.05, 0.1) is 9.90 Å². The minimum absolute atomic E-state index is 0.196. The van der Waals surface area contributed by atoms with Crippen LogP contribution in [0, 0.1) is 6.92 Å². The van der Waals surface area contributed by atoms with Gasteiger partial charge in [0.2, 0.25) is 10.0 Å². The van der Waals surface area contributed by atoms with Gasteiger partial charge in [0.15, 0.2) is 0 Å². The normalized spacial score (nSPS) is 15.5. The molecule has 152 valence electrons. The number of hydrogen-bond acceptors (Lipinski definition) is 5. The molecule has 1 saturated heterocycles. The summed E-state index contributed by atoms with van der Waals surface area (Å²) in [6.45, 7) is 3.65. The summed E-state index contributed by atoms with van der Waals surface area (Å²) < 4.78 is 27.1. The highest BCUT2D eigenvalue weighted by atomic mass is 32.2. The van der Waals surface area contributed by atoms with Crippen LogP contribution in [-0.4, -0.2) is 43.2 Å². The Morgan fingerprint density at radius 2 is 2.00 bits per heavy atom. The van der Waals surface area contributed by atoms with Crippen LogP contribution in [0.5, 0.6) is 0 Å². The maximum absolute atomic E-state index is 12.8. The van der Waals surface area contributed by atoms with Gasteiger partial charge < -0.3 is 5.32 Å². The van der Waals surface area contributed by atoms with Gasteiger partial charge in [-0.15, -0.1) is 11.3 Å². The lowest BCUT2D eigenvalue weighted by Crippen LogP contribution is -2.35. The molecule has 3 rings (SSSR count). The molecule has 1 aromatic heterocycles. The lowest BCUT2D eigenvalue weighted by molar-refractivity contribution is 0.0953. The van der Waals surface area contributed by atoms with Crippen molar-refractivity contribution in [2.45, 2.75) is 50.3 Å². The molecule has 0 aliphatic carbocycles. The first kappa shape index (κ1) is 21.0. The third-order valence-corrected chi connectivity index (χ3v) is 7.74. The van der Waals surface area contributed by atoms with Gasteiger partial charge in [0.25, 0.3) is 5.91 Å². The Morgan fingerprint density at radius 1 is 1.21 bits per heavy atom.